The SMILES string of the molecule is CC(C)c1ccc2c(c1)C(C1CCNCC1)c1ccccc1CC2. The highest BCUT2D eigenvalue weighted by atomic mass is 14.9. The van der Waals surface area contributed by atoms with E-state index in [4.69, 9.17) is 0 Å². The standard InChI is InChI=1S/C23H29N/c1-16(2)20-10-9-18-8-7-17-5-3-4-6-21(17)23(22(18)15-20)19-11-13-24-14-12-19/h3-6,9-10,15-16,19,23-24H,7-8,11-14H2,1-2H3. The van der Waals surface area contributed by atoms with Crippen LogP contribution in [0.15, 0.2) is 42.5 Å². The van der Waals surface area contributed by atoms with Gasteiger partial charge in [0.2, 0.25) is 0 Å². The largest absolute Gasteiger partial charge is 0.317 e. The van der Waals surface area contributed by atoms with Crippen molar-refractivity contribution in [3.63, 3.8) is 0 Å². The number of aryl methyl sites for hydroxylation is 2. The number of hydrogen-bond donors (Lipinski definition) is 1. The molecule has 1 unspecified atom stereocenters. The summed E-state index contributed by atoms with van der Waals surface area (Å²) < 4.78 is 0. The maximum atomic E-state index is 3.55. The van der Waals surface area contributed by atoms with E-state index in [1.54, 1.807) is 22.3 Å². The maximum Gasteiger partial charge on any atom is 0.0124 e. The van der Waals surface area contributed by atoms with Crippen LogP contribution in [0.25, 0.3) is 0 Å². The highest BCUT2D eigenvalue weighted by molar-refractivity contribution is 5.47. The highest BCUT2D eigenvalue weighted by Gasteiger charge is 2.31. The minimum atomic E-state index is 0.583. The molecule has 1 heterocycles. The fraction of sp³-hybridized carbons (Fsp3) is 0.478. The van der Waals surface area contributed by atoms with Crippen LogP contribution in [0.3, 0.4) is 0 Å². The van der Waals surface area contributed by atoms with E-state index in [2.05, 4.69) is 61.6 Å². The van der Waals surface area contributed by atoms with E-state index in [-0.39, 0.29) is 0 Å². The predicted molar refractivity (Wildman–Crippen MR) is 102 cm³/mol. The lowest BCUT2D eigenvalue weighted by Crippen LogP contribution is -2.31. The summed E-state index contributed by atoms with van der Waals surface area (Å²) in [7, 11) is 0. The van der Waals surface area contributed by atoms with Crippen molar-refractivity contribution in [3.05, 3.63) is 70.3 Å². The smallest absolute Gasteiger partial charge is 0.0124 e. The van der Waals surface area contributed by atoms with Crippen LogP contribution >= 0.6 is 0 Å². The summed E-state index contributed by atoms with van der Waals surface area (Å²) >= 11 is 0. The zero-order valence-electron chi connectivity index (χ0n) is 15.0. The molecule has 126 valence electrons. The quantitative estimate of drug-likeness (QED) is 0.817. The molecule has 0 bridgehead atoms. The van der Waals surface area contributed by atoms with Gasteiger partial charge in [-0.3, -0.25) is 0 Å². The van der Waals surface area contributed by atoms with Crippen molar-refractivity contribution >= 4 is 0 Å². The molecule has 1 atom stereocenters. The second kappa shape index (κ2) is 6.72. The summed E-state index contributed by atoms with van der Waals surface area (Å²) in [5.74, 6) is 1.95. The van der Waals surface area contributed by atoms with Gasteiger partial charge in [-0.1, -0.05) is 56.3 Å². The summed E-state index contributed by atoms with van der Waals surface area (Å²) in [6, 6.07) is 16.5. The van der Waals surface area contributed by atoms with Gasteiger partial charge in [-0.25, -0.2) is 0 Å². The normalized spacial score (nSPS) is 21.2. The first-order valence-corrected chi connectivity index (χ1v) is 9.65. The average Bonchev–Trinajstić information content (AvgIpc) is 2.78. The molecule has 2 aliphatic rings. The van der Waals surface area contributed by atoms with E-state index in [0.29, 0.717) is 11.8 Å². The summed E-state index contributed by atoms with van der Waals surface area (Å²) in [4.78, 5) is 0. The van der Waals surface area contributed by atoms with Crippen molar-refractivity contribution in [2.75, 3.05) is 13.1 Å². The van der Waals surface area contributed by atoms with Crippen molar-refractivity contribution in [2.24, 2.45) is 5.92 Å². The predicted octanol–water partition coefficient (Wildman–Crippen LogP) is 5.04. The van der Waals surface area contributed by atoms with Gasteiger partial charge in [0.25, 0.3) is 0 Å². The van der Waals surface area contributed by atoms with Gasteiger partial charge in [-0.15, -0.1) is 0 Å². The number of fused-ring (bicyclic) bond motifs is 2. The lowest BCUT2D eigenvalue weighted by atomic mass is 9.74. The molecular weight excluding hydrogens is 290 g/mol. The van der Waals surface area contributed by atoms with E-state index in [0.717, 1.165) is 5.92 Å². The van der Waals surface area contributed by atoms with E-state index >= 15 is 0 Å². The molecule has 0 radical (unpaired) electrons. The summed E-state index contributed by atoms with van der Waals surface area (Å²) in [5.41, 5.74) is 7.87. The number of hydrogen-bond acceptors (Lipinski definition) is 1. The molecule has 1 saturated heterocycles. The Balaban J connectivity index is 1.86. The first-order valence-electron chi connectivity index (χ1n) is 9.65. The molecule has 4 rings (SSSR count). The third-order valence-electron chi connectivity index (χ3n) is 6.08. The Bertz CT molecular complexity index is 710. The van der Waals surface area contributed by atoms with Crippen molar-refractivity contribution in [1.29, 1.82) is 0 Å². The van der Waals surface area contributed by atoms with Crippen molar-refractivity contribution in [1.82, 2.24) is 5.32 Å². The van der Waals surface area contributed by atoms with Crippen molar-refractivity contribution in [2.45, 2.75) is 51.4 Å². The van der Waals surface area contributed by atoms with Crippen LogP contribution in [-0.2, 0) is 12.8 Å². The van der Waals surface area contributed by atoms with Gasteiger partial charge in [0.05, 0.1) is 0 Å². The Morgan fingerprint density at radius 1 is 0.875 bits per heavy atom. The third-order valence-corrected chi connectivity index (χ3v) is 6.08. The van der Waals surface area contributed by atoms with E-state index in [1.807, 2.05) is 0 Å². The molecule has 1 aliphatic heterocycles. The fourth-order valence-corrected chi connectivity index (χ4v) is 4.68. The van der Waals surface area contributed by atoms with Crippen LogP contribution in [0.1, 0.15) is 66.3 Å². The van der Waals surface area contributed by atoms with Gasteiger partial charge < -0.3 is 5.32 Å². The van der Waals surface area contributed by atoms with Crippen LogP contribution in [0.2, 0.25) is 0 Å². The molecule has 0 amide bonds. The first kappa shape index (κ1) is 15.9. The number of nitrogens with one attached hydrogen (secondary N) is 1. The fourth-order valence-electron chi connectivity index (χ4n) is 4.68. The molecule has 1 N–H and O–H groups in total. The Hall–Kier alpha value is -1.60. The zero-order chi connectivity index (χ0) is 16.5. The number of rotatable bonds is 2. The molecule has 1 nitrogen and oxygen atoms in total. The molecule has 0 aromatic heterocycles. The van der Waals surface area contributed by atoms with Crippen LogP contribution in [0.5, 0.6) is 0 Å². The Labute approximate surface area is 146 Å². The van der Waals surface area contributed by atoms with Crippen LogP contribution < -0.4 is 5.32 Å². The van der Waals surface area contributed by atoms with E-state index in [1.165, 1.54) is 44.3 Å². The number of benzene rings is 2. The molecule has 2 aromatic carbocycles. The highest BCUT2D eigenvalue weighted by Crippen LogP contribution is 2.43. The molecule has 1 heteroatoms. The summed E-state index contributed by atoms with van der Waals surface area (Å²) in [5, 5.41) is 3.55. The molecule has 1 aliphatic carbocycles. The summed E-state index contributed by atoms with van der Waals surface area (Å²) in [6.45, 7) is 6.96. The summed E-state index contributed by atoms with van der Waals surface area (Å²) in [6.07, 6.45) is 4.96. The molecule has 24 heavy (non-hydrogen) atoms. The Morgan fingerprint density at radius 3 is 2.33 bits per heavy atom. The molecule has 0 saturated carbocycles. The van der Waals surface area contributed by atoms with Crippen molar-refractivity contribution < 1.29 is 0 Å². The molecule has 0 spiro atoms. The Morgan fingerprint density at radius 2 is 1.58 bits per heavy atom. The zero-order valence-corrected chi connectivity index (χ0v) is 15.0. The lowest BCUT2D eigenvalue weighted by molar-refractivity contribution is 0.341. The maximum absolute atomic E-state index is 3.55. The second-order valence-electron chi connectivity index (χ2n) is 7.88. The third kappa shape index (κ3) is 2.91. The van der Waals surface area contributed by atoms with E-state index in [9.17, 15) is 0 Å². The first-order chi connectivity index (χ1) is 11.7. The second-order valence-corrected chi connectivity index (χ2v) is 7.88. The number of piperidine rings is 1. The topological polar surface area (TPSA) is 12.0 Å². The van der Waals surface area contributed by atoms with Crippen LogP contribution in [-0.4, -0.2) is 13.1 Å². The van der Waals surface area contributed by atoms with Gasteiger partial charge in [0.15, 0.2) is 0 Å². The van der Waals surface area contributed by atoms with Crippen LogP contribution in [0, 0.1) is 5.92 Å². The van der Waals surface area contributed by atoms with Gasteiger partial charge in [-0.05, 0) is 78.4 Å². The molecular formula is C23H29N. The average molecular weight is 319 g/mol. The van der Waals surface area contributed by atoms with E-state index < -0.39 is 0 Å². The van der Waals surface area contributed by atoms with Gasteiger partial charge in [0, 0.05) is 5.92 Å². The van der Waals surface area contributed by atoms with Gasteiger partial charge in [0.1, 0.15) is 0 Å². The van der Waals surface area contributed by atoms with Crippen LogP contribution in [0.4, 0.5) is 0 Å². The monoisotopic (exact) mass is 319 g/mol. The van der Waals surface area contributed by atoms with Gasteiger partial charge >= 0.3 is 0 Å². The minimum Gasteiger partial charge on any atom is -0.317 e. The minimum absolute atomic E-state index is 0.583. The molecule has 1 fully saturated rings. The Kier molecular flexibility index (Phi) is 4.45. The lowest BCUT2D eigenvalue weighted by Gasteiger charge is -2.33. The van der Waals surface area contributed by atoms with Gasteiger partial charge in [-0.2, -0.15) is 0 Å². The molecule has 2 aromatic rings. The van der Waals surface area contributed by atoms with Crippen molar-refractivity contribution in [3.8, 4) is 0 Å².